The van der Waals surface area contributed by atoms with Gasteiger partial charge in [-0.1, -0.05) is 84.9 Å². The van der Waals surface area contributed by atoms with E-state index in [1.807, 2.05) is 91.9 Å². The molecule has 5 nitrogen and oxygen atoms in total. The molecule has 0 aliphatic rings. The number of Topliss-reactive ketones (excluding diaryl/α,β-unsaturated/α-hetero) is 1. The number of rotatable bonds is 12. The molecular formula is C32H30O5. The molecule has 37 heavy (non-hydrogen) atoms. The van der Waals surface area contributed by atoms with Crippen LogP contribution in [0.15, 0.2) is 103 Å². The average molecular weight is 495 g/mol. The average Bonchev–Trinajstić information content (AvgIpc) is 2.92. The van der Waals surface area contributed by atoms with Crippen LogP contribution in [-0.4, -0.2) is 16.9 Å². The maximum Gasteiger partial charge on any atom is 0.303 e. The van der Waals surface area contributed by atoms with Crippen molar-refractivity contribution in [3.8, 4) is 11.5 Å². The summed E-state index contributed by atoms with van der Waals surface area (Å²) in [6.07, 6.45) is 0.0978. The van der Waals surface area contributed by atoms with Gasteiger partial charge in [-0.15, -0.1) is 0 Å². The molecule has 0 bridgehead atoms. The second kappa shape index (κ2) is 12.5. The van der Waals surface area contributed by atoms with Crippen LogP contribution in [0.5, 0.6) is 11.5 Å². The van der Waals surface area contributed by atoms with Crippen LogP contribution in [0.2, 0.25) is 0 Å². The first-order valence-corrected chi connectivity index (χ1v) is 12.3. The Balaban J connectivity index is 1.65. The molecule has 0 radical (unpaired) electrons. The maximum absolute atomic E-state index is 13.9. The molecule has 0 amide bonds. The van der Waals surface area contributed by atoms with Crippen LogP contribution >= 0.6 is 0 Å². The van der Waals surface area contributed by atoms with E-state index >= 15 is 0 Å². The number of carboxylic acid groups (broad SMARTS) is 1. The molecule has 4 aromatic rings. The van der Waals surface area contributed by atoms with E-state index in [0.29, 0.717) is 30.3 Å². The van der Waals surface area contributed by atoms with Crippen molar-refractivity contribution < 1.29 is 24.2 Å². The number of carboxylic acids is 1. The third-order valence-electron chi connectivity index (χ3n) is 6.19. The highest BCUT2D eigenvalue weighted by Gasteiger charge is 2.25. The van der Waals surface area contributed by atoms with Gasteiger partial charge in [0.05, 0.1) is 0 Å². The zero-order chi connectivity index (χ0) is 26.0. The lowest BCUT2D eigenvalue weighted by atomic mass is 9.84. The Kier molecular flexibility index (Phi) is 8.71. The molecule has 4 rings (SSSR count). The van der Waals surface area contributed by atoms with E-state index in [4.69, 9.17) is 9.47 Å². The van der Waals surface area contributed by atoms with Crippen LogP contribution in [0.4, 0.5) is 0 Å². The van der Waals surface area contributed by atoms with Crippen molar-refractivity contribution in [2.75, 3.05) is 0 Å². The van der Waals surface area contributed by atoms with E-state index < -0.39 is 11.9 Å². The van der Waals surface area contributed by atoms with Crippen LogP contribution in [0.3, 0.4) is 0 Å². The van der Waals surface area contributed by atoms with Crippen LogP contribution in [0, 0.1) is 6.92 Å². The van der Waals surface area contributed by atoms with Crippen LogP contribution in [0.25, 0.3) is 0 Å². The van der Waals surface area contributed by atoms with Gasteiger partial charge in [-0.05, 0) is 47.7 Å². The molecule has 188 valence electrons. The van der Waals surface area contributed by atoms with Crippen molar-refractivity contribution in [1.29, 1.82) is 0 Å². The molecule has 0 aliphatic heterocycles. The fourth-order valence-electron chi connectivity index (χ4n) is 4.24. The molecule has 0 saturated heterocycles. The highest BCUT2D eigenvalue weighted by atomic mass is 16.5. The van der Waals surface area contributed by atoms with Crippen molar-refractivity contribution in [2.24, 2.45) is 0 Å². The van der Waals surface area contributed by atoms with Gasteiger partial charge in [0.15, 0.2) is 5.78 Å². The second-order valence-corrected chi connectivity index (χ2v) is 8.95. The molecule has 0 aromatic heterocycles. The van der Waals surface area contributed by atoms with Gasteiger partial charge in [0.2, 0.25) is 0 Å². The van der Waals surface area contributed by atoms with E-state index in [0.717, 1.165) is 22.3 Å². The Hall–Kier alpha value is -4.38. The zero-order valence-electron chi connectivity index (χ0n) is 20.8. The fraction of sp³-hybridized carbons (Fsp3) is 0.188. The van der Waals surface area contributed by atoms with Gasteiger partial charge in [-0.25, -0.2) is 0 Å². The van der Waals surface area contributed by atoms with E-state index in [1.54, 1.807) is 18.2 Å². The summed E-state index contributed by atoms with van der Waals surface area (Å²) < 4.78 is 12.1. The summed E-state index contributed by atoms with van der Waals surface area (Å²) >= 11 is 0. The lowest BCUT2D eigenvalue weighted by Gasteiger charge is -2.19. The van der Waals surface area contributed by atoms with Crippen LogP contribution < -0.4 is 9.47 Å². The molecule has 0 aliphatic carbocycles. The molecule has 4 aromatic carbocycles. The number of ether oxygens (including phenoxy) is 2. The van der Waals surface area contributed by atoms with Crippen LogP contribution in [0.1, 0.15) is 51.4 Å². The molecule has 1 atom stereocenters. The number of carbonyl (C=O) groups is 2. The number of carbonyl (C=O) groups excluding carboxylic acids is 1. The normalized spacial score (nSPS) is 11.5. The van der Waals surface area contributed by atoms with Gasteiger partial charge >= 0.3 is 5.97 Å². The predicted octanol–water partition coefficient (Wildman–Crippen LogP) is 6.98. The molecule has 5 heteroatoms. The van der Waals surface area contributed by atoms with Gasteiger partial charge in [0, 0.05) is 24.0 Å². The Labute approximate surface area is 217 Å². The Morgan fingerprint density at radius 1 is 0.730 bits per heavy atom. The van der Waals surface area contributed by atoms with Gasteiger partial charge in [-0.3, -0.25) is 9.59 Å². The second-order valence-electron chi connectivity index (χ2n) is 8.95. The minimum atomic E-state index is -0.932. The topological polar surface area (TPSA) is 72.8 Å². The van der Waals surface area contributed by atoms with Gasteiger partial charge in [0.1, 0.15) is 24.7 Å². The Bertz CT molecular complexity index is 1270. The highest BCUT2D eigenvalue weighted by molar-refractivity contribution is 6.02. The zero-order valence-corrected chi connectivity index (χ0v) is 20.8. The van der Waals surface area contributed by atoms with E-state index in [2.05, 4.69) is 0 Å². The molecule has 1 N–H and O–H groups in total. The number of aryl methyl sites for hydroxylation is 1. The number of aliphatic carboxylic acids is 1. The van der Waals surface area contributed by atoms with Gasteiger partial charge in [0.25, 0.3) is 0 Å². The first kappa shape index (κ1) is 25.7. The summed E-state index contributed by atoms with van der Waals surface area (Å²) in [5, 5.41) is 9.32. The molecule has 0 spiro atoms. The number of ketones is 1. The van der Waals surface area contributed by atoms with Crippen molar-refractivity contribution >= 4 is 11.8 Å². The SMILES string of the molecule is Cc1ccccc1[C@H](CCC(=O)O)C(=O)c1cc(OCc2ccccc2)cc(OCc2ccccc2)c1. The van der Waals surface area contributed by atoms with Crippen LogP contribution in [-0.2, 0) is 18.0 Å². The highest BCUT2D eigenvalue weighted by Crippen LogP contribution is 2.32. The van der Waals surface area contributed by atoms with Crippen molar-refractivity contribution in [2.45, 2.75) is 38.9 Å². The van der Waals surface area contributed by atoms with Gasteiger partial charge in [-0.2, -0.15) is 0 Å². The fourth-order valence-corrected chi connectivity index (χ4v) is 4.24. The number of benzene rings is 4. The number of hydrogen-bond acceptors (Lipinski definition) is 4. The Morgan fingerprint density at radius 2 is 1.24 bits per heavy atom. The van der Waals surface area contributed by atoms with Crippen molar-refractivity contribution in [1.82, 2.24) is 0 Å². The van der Waals surface area contributed by atoms with Crippen molar-refractivity contribution in [3.05, 3.63) is 131 Å². The minimum absolute atomic E-state index is 0.105. The van der Waals surface area contributed by atoms with Crippen molar-refractivity contribution in [3.63, 3.8) is 0 Å². The summed E-state index contributed by atoms with van der Waals surface area (Å²) in [5.41, 5.74) is 4.21. The molecule has 0 unspecified atom stereocenters. The largest absolute Gasteiger partial charge is 0.489 e. The molecule has 0 heterocycles. The standard InChI is InChI=1S/C32H30O5/c1-23-10-8-9-15-29(23)30(16-17-31(33)34)32(35)26-18-27(36-21-24-11-4-2-5-12-24)20-28(19-26)37-22-25-13-6-3-7-14-25/h2-15,18-20,30H,16-17,21-22H2,1H3,(H,33,34)/t30-/m0/s1. The summed E-state index contributed by atoms with van der Waals surface area (Å²) in [6, 6.07) is 32.4. The Morgan fingerprint density at radius 3 is 1.76 bits per heavy atom. The lowest BCUT2D eigenvalue weighted by Crippen LogP contribution is -2.16. The van der Waals surface area contributed by atoms with E-state index in [9.17, 15) is 14.7 Å². The van der Waals surface area contributed by atoms with E-state index in [-0.39, 0.29) is 18.6 Å². The molecule has 0 fully saturated rings. The molecular weight excluding hydrogens is 464 g/mol. The maximum atomic E-state index is 13.9. The number of hydrogen-bond donors (Lipinski definition) is 1. The monoisotopic (exact) mass is 494 g/mol. The lowest BCUT2D eigenvalue weighted by molar-refractivity contribution is -0.137. The third kappa shape index (κ3) is 7.31. The first-order valence-electron chi connectivity index (χ1n) is 12.3. The summed E-state index contributed by atoms with van der Waals surface area (Å²) in [4.78, 5) is 25.2. The third-order valence-corrected chi connectivity index (χ3v) is 6.19. The quantitative estimate of drug-likeness (QED) is 0.215. The van der Waals surface area contributed by atoms with Gasteiger partial charge < -0.3 is 14.6 Å². The summed E-state index contributed by atoms with van der Waals surface area (Å²) in [5.74, 6) is -0.661. The smallest absolute Gasteiger partial charge is 0.303 e. The van der Waals surface area contributed by atoms with E-state index in [1.165, 1.54) is 0 Å². The predicted molar refractivity (Wildman–Crippen MR) is 143 cm³/mol. The minimum Gasteiger partial charge on any atom is -0.489 e. The molecule has 0 saturated carbocycles. The first-order chi connectivity index (χ1) is 18.0. The summed E-state index contributed by atoms with van der Waals surface area (Å²) in [6.45, 7) is 2.62. The summed E-state index contributed by atoms with van der Waals surface area (Å²) in [7, 11) is 0.